The Balaban J connectivity index is 2.69. The molecule has 0 unspecified atom stereocenters. The molecule has 0 saturated heterocycles. The third kappa shape index (κ3) is 1.58. The summed E-state index contributed by atoms with van der Waals surface area (Å²) in [5.74, 6) is 0. The summed E-state index contributed by atoms with van der Waals surface area (Å²) in [7, 11) is 1.96. The predicted octanol–water partition coefficient (Wildman–Crippen LogP) is 2.73. The molecule has 4 heteroatoms. The number of fused-ring (bicyclic) bond motifs is 1. The maximum Gasteiger partial charge on any atom is 0.235 e. The SMILES string of the molecule is Cc1c(C=C[N+](=O)[O-])c2ccccc2n1C. The van der Waals surface area contributed by atoms with Crippen molar-refractivity contribution in [1.82, 2.24) is 4.57 Å². The molecule has 2 rings (SSSR count). The summed E-state index contributed by atoms with van der Waals surface area (Å²) in [5, 5.41) is 11.4. The summed E-state index contributed by atoms with van der Waals surface area (Å²) in [6.07, 6.45) is 2.53. The smallest absolute Gasteiger partial charge is 0.235 e. The molecule has 0 saturated carbocycles. The summed E-state index contributed by atoms with van der Waals surface area (Å²) in [6, 6.07) is 7.88. The second kappa shape index (κ2) is 3.81. The van der Waals surface area contributed by atoms with Crippen LogP contribution in [0.25, 0.3) is 17.0 Å². The van der Waals surface area contributed by atoms with Crippen molar-refractivity contribution >= 4 is 17.0 Å². The number of nitrogens with zero attached hydrogens (tertiary/aromatic N) is 2. The van der Waals surface area contributed by atoms with Gasteiger partial charge in [0.1, 0.15) is 0 Å². The highest BCUT2D eigenvalue weighted by Crippen LogP contribution is 2.25. The Hall–Kier alpha value is -2.10. The Morgan fingerprint density at radius 1 is 1.38 bits per heavy atom. The number of hydrogen-bond donors (Lipinski definition) is 0. The minimum absolute atomic E-state index is 0.443. The normalized spacial score (nSPS) is 11.4. The van der Waals surface area contributed by atoms with Crippen LogP contribution in [-0.4, -0.2) is 9.49 Å². The summed E-state index contributed by atoms with van der Waals surface area (Å²) in [5.41, 5.74) is 3.03. The molecule has 2 aromatic rings. The first-order valence-corrected chi connectivity index (χ1v) is 4.97. The zero-order valence-electron chi connectivity index (χ0n) is 9.18. The van der Waals surface area contributed by atoms with Gasteiger partial charge in [-0.1, -0.05) is 18.2 Å². The summed E-state index contributed by atoms with van der Waals surface area (Å²) >= 11 is 0. The van der Waals surface area contributed by atoms with Gasteiger partial charge in [-0.3, -0.25) is 10.1 Å². The van der Waals surface area contributed by atoms with E-state index in [2.05, 4.69) is 0 Å². The van der Waals surface area contributed by atoms with Crippen molar-refractivity contribution in [1.29, 1.82) is 0 Å². The van der Waals surface area contributed by atoms with Gasteiger partial charge < -0.3 is 4.57 Å². The molecule has 0 fully saturated rings. The zero-order chi connectivity index (χ0) is 11.7. The molecular formula is C12H12N2O2. The molecule has 4 nitrogen and oxygen atoms in total. The van der Waals surface area contributed by atoms with E-state index in [4.69, 9.17) is 0 Å². The van der Waals surface area contributed by atoms with Gasteiger partial charge >= 0.3 is 0 Å². The van der Waals surface area contributed by atoms with Gasteiger partial charge in [0, 0.05) is 35.3 Å². The van der Waals surface area contributed by atoms with E-state index in [1.807, 2.05) is 42.8 Å². The topological polar surface area (TPSA) is 48.1 Å². The molecule has 1 aromatic carbocycles. The fraction of sp³-hybridized carbons (Fsp3) is 0.167. The fourth-order valence-corrected chi connectivity index (χ4v) is 1.90. The highest BCUT2D eigenvalue weighted by atomic mass is 16.6. The van der Waals surface area contributed by atoms with Gasteiger partial charge in [0.05, 0.1) is 4.92 Å². The van der Waals surface area contributed by atoms with E-state index in [0.717, 1.165) is 28.4 Å². The Morgan fingerprint density at radius 3 is 2.75 bits per heavy atom. The van der Waals surface area contributed by atoms with Crippen molar-refractivity contribution < 1.29 is 4.92 Å². The number of aryl methyl sites for hydroxylation is 1. The van der Waals surface area contributed by atoms with Crippen LogP contribution in [0.3, 0.4) is 0 Å². The van der Waals surface area contributed by atoms with Crippen LogP contribution in [0.15, 0.2) is 30.5 Å². The van der Waals surface area contributed by atoms with Crippen LogP contribution in [0.2, 0.25) is 0 Å². The minimum Gasteiger partial charge on any atom is -0.347 e. The zero-order valence-corrected chi connectivity index (χ0v) is 9.18. The van der Waals surface area contributed by atoms with Crippen molar-refractivity contribution in [2.24, 2.45) is 7.05 Å². The predicted molar refractivity (Wildman–Crippen MR) is 63.7 cm³/mol. The van der Waals surface area contributed by atoms with E-state index in [9.17, 15) is 10.1 Å². The van der Waals surface area contributed by atoms with E-state index in [1.165, 1.54) is 0 Å². The third-order valence-electron chi connectivity index (χ3n) is 2.81. The maximum atomic E-state index is 10.3. The van der Waals surface area contributed by atoms with Crippen LogP contribution in [0.5, 0.6) is 0 Å². The molecule has 0 amide bonds. The van der Waals surface area contributed by atoms with E-state index in [0.29, 0.717) is 0 Å². The monoisotopic (exact) mass is 216 g/mol. The lowest BCUT2D eigenvalue weighted by atomic mass is 10.1. The van der Waals surface area contributed by atoms with Crippen LogP contribution in [0.4, 0.5) is 0 Å². The second-order valence-corrected chi connectivity index (χ2v) is 3.68. The lowest BCUT2D eigenvalue weighted by Gasteiger charge is -1.96. The van der Waals surface area contributed by atoms with Gasteiger partial charge in [0.25, 0.3) is 0 Å². The first-order valence-electron chi connectivity index (χ1n) is 4.97. The first kappa shape index (κ1) is 10.4. The van der Waals surface area contributed by atoms with Gasteiger partial charge in [-0.2, -0.15) is 0 Å². The van der Waals surface area contributed by atoms with Crippen molar-refractivity contribution in [3.8, 4) is 0 Å². The standard InChI is InChI=1S/C12H12N2O2/c1-9-10(7-8-14(15)16)11-5-3-4-6-12(11)13(9)2/h3-8H,1-2H3. The molecule has 0 radical (unpaired) electrons. The van der Waals surface area contributed by atoms with Gasteiger partial charge in [0.2, 0.25) is 6.20 Å². The summed E-state index contributed by atoms with van der Waals surface area (Å²) in [6.45, 7) is 1.96. The average molecular weight is 216 g/mol. The van der Waals surface area contributed by atoms with Crippen molar-refractivity contribution in [2.45, 2.75) is 6.92 Å². The van der Waals surface area contributed by atoms with Crippen molar-refractivity contribution in [3.63, 3.8) is 0 Å². The van der Waals surface area contributed by atoms with Gasteiger partial charge in [-0.05, 0) is 13.0 Å². The highest BCUT2D eigenvalue weighted by molar-refractivity contribution is 5.91. The van der Waals surface area contributed by atoms with Crippen LogP contribution >= 0.6 is 0 Å². The minimum atomic E-state index is -0.443. The molecule has 82 valence electrons. The largest absolute Gasteiger partial charge is 0.347 e. The van der Waals surface area contributed by atoms with Crippen LogP contribution in [0.1, 0.15) is 11.3 Å². The Bertz CT molecular complexity index is 582. The Labute approximate surface area is 93.0 Å². The Morgan fingerprint density at radius 2 is 2.06 bits per heavy atom. The molecule has 0 aliphatic heterocycles. The van der Waals surface area contributed by atoms with E-state index in [-0.39, 0.29) is 0 Å². The van der Waals surface area contributed by atoms with Crippen LogP contribution in [0, 0.1) is 17.0 Å². The van der Waals surface area contributed by atoms with E-state index < -0.39 is 4.92 Å². The van der Waals surface area contributed by atoms with Crippen molar-refractivity contribution in [2.75, 3.05) is 0 Å². The number of rotatable bonds is 2. The highest BCUT2D eigenvalue weighted by Gasteiger charge is 2.09. The average Bonchev–Trinajstić information content (AvgIpc) is 2.50. The molecule has 1 heterocycles. The number of benzene rings is 1. The molecule has 0 aliphatic carbocycles. The second-order valence-electron chi connectivity index (χ2n) is 3.68. The molecule has 1 aromatic heterocycles. The van der Waals surface area contributed by atoms with E-state index in [1.54, 1.807) is 6.08 Å². The molecule has 0 spiro atoms. The molecule has 16 heavy (non-hydrogen) atoms. The van der Waals surface area contributed by atoms with Crippen LogP contribution < -0.4 is 0 Å². The number of nitro groups is 1. The number of para-hydroxylation sites is 1. The van der Waals surface area contributed by atoms with Crippen molar-refractivity contribution in [3.05, 3.63) is 51.8 Å². The van der Waals surface area contributed by atoms with Gasteiger partial charge in [-0.15, -0.1) is 0 Å². The number of aromatic nitrogens is 1. The molecule has 0 N–H and O–H groups in total. The first-order chi connectivity index (χ1) is 7.61. The molecular weight excluding hydrogens is 204 g/mol. The summed E-state index contributed by atoms with van der Waals surface area (Å²) in [4.78, 5) is 9.90. The summed E-state index contributed by atoms with van der Waals surface area (Å²) < 4.78 is 2.04. The molecule has 0 bridgehead atoms. The molecule has 0 atom stereocenters. The molecule has 0 aliphatic rings. The Kier molecular flexibility index (Phi) is 2.48. The van der Waals surface area contributed by atoms with Gasteiger partial charge in [0.15, 0.2) is 0 Å². The van der Waals surface area contributed by atoms with E-state index >= 15 is 0 Å². The third-order valence-corrected chi connectivity index (χ3v) is 2.81. The maximum absolute atomic E-state index is 10.3. The quantitative estimate of drug-likeness (QED) is 0.572. The van der Waals surface area contributed by atoms with Gasteiger partial charge in [-0.25, -0.2) is 0 Å². The number of hydrogen-bond acceptors (Lipinski definition) is 2. The fourth-order valence-electron chi connectivity index (χ4n) is 1.90. The van der Waals surface area contributed by atoms with Crippen LogP contribution in [-0.2, 0) is 7.05 Å². The lowest BCUT2D eigenvalue weighted by Crippen LogP contribution is -1.90. The lowest BCUT2D eigenvalue weighted by molar-refractivity contribution is -0.400.